The quantitative estimate of drug-likeness (QED) is 0.655. The van der Waals surface area contributed by atoms with Crippen molar-refractivity contribution in [3.8, 4) is 5.75 Å². The van der Waals surface area contributed by atoms with Crippen molar-refractivity contribution in [1.82, 2.24) is 0 Å². The molecule has 0 aromatic heterocycles. The zero-order chi connectivity index (χ0) is 13.0. The Morgan fingerprint density at radius 2 is 1.89 bits per heavy atom. The van der Waals surface area contributed by atoms with Gasteiger partial charge in [0, 0.05) is 5.56 Å². The van der Waals surface area contributed by atoms with Gasteiger partial charge in [0.25, 0.3) is 0 Å². The molecule has 0 saturated heterocycles. The molecule has 0 unspecified atom stereocenters. The molecule has 0 radical (unpaired) electrons. The molecule has 3 nitrogen and oxygen atoms in total. The largest absolute Gasteiger partial charge is 0.489 e. The summed E-state index contributed by atoms with van der Waals surface area (Å²) < 4.78 is 5.61. The number of nitrogens with one attached hydrogen (secondary N) is 1. The van der Waals surface area contributed by atoms with Crippen LogP contribution in [-0.2, 0) is 6.61 Å². The van der Waals surface area contributed by atoms with Gasteiger partial charge in [-0.2, -0.15) is 0 Å². The number of halogens is 1. The van der Waals surface area contributed by atoms with Crippen molar-refractivity contribution in [3.63, 3.8) is 0 Å². The molecule has 0 fully saturated rings. The van der Waals surface area contributed by atoms with Crippen LogP contribution in [0.2, 0.25) is 5.02 Å². The van der Waals surface area contributed by atoms with Crippen LogP contribution in [0.5, 0.6) is 5.75 Å². The summed E-state index contributed by atoms with van der Waals surface area (Å²) in [5.74, 6) is 0.614. The van der Waals surface area contributed by atoms with Gasteiger partial charge in [-0.1, -0.05) is 41.9 Å². The number of nitrogen functional groups attached to an aromatic ring is 1. The summed E-state index contributed by atoms with van der Waals surface area (Å²) in [5.41, 5.74) is 6.99. The van der Waals surface area contributed by atoms with E-state index in [1.165, 1.54) is 0 Å². The second kappa shape index (κ2) is 5.56. The lowest BCUT2D eigenvalue weighted by molar-refractivity contribution is 0.306. The topological polar surface area (TPSA) is 59.1 Å². The Bertz CT molecular complexity index is 555. The molecule has 0 spiro atoms. The number of ether oxygens (including phenoxy) is 1. The molecular weight excluding hydrogens is 248 g/mol. The highest BCUT2D eigenvalue weighted by Crippen LogP contribution is 2.22. The SMILES string of the molecule is N=C(N)c1ccc(OCc2ccccc2)cc1Cl. The number of hydrogen-bond donors (Lipinski definition) is 2. The third-order valence-corrected chi connectivity index (χ3v) is 2.79. The standard InChI is InChI=1S/C14H13ClN2O/c15-13-8-11(6-7-12(13)14(16)17)18-9-10-4-2-1-3-5-10/h1-8H,9H2,(H3,16,17). The Balaban J connectivity index is 2.07. The first-order chi connectivity index (χ1) is 8.66. The van der Waals surface area contributed by atoms with E-state index in [0.717, 1.165) is 5.56 Å². The third-order valence-electron chi connectivity index (χ3n) is 2.48. The molecule has 3 N–H and O–H groups in total. The zero-order valence-electron chi connectivity index (χ0n) is 9.69. The summed E-state index contributed by atoms with van der Waals surface area (Å²) in [4.78, 5) is 0. The molecule has 2 aromatic rings. The zero-order valence-corrected chi connectivity index (χ0v) is 10.4. The molecule has 4 heteroatoms. The van der Waals surface area contributed by atoms with Crippen LogP contribution < -0.4 is 10.5 Å². The predicted molar refractivity (Wildman–Crippen MR) is 73.2 cm³/mol. The fourth-order valence-corrected chi connectivity index (χ4v) is 1.82. The normalized spacial score (nSPS) is 10.1. The average Bonchev–Trinajstić information content (AvgIpc) is 2.37. The first-order valence-corrected chi connectivity index (χ1v) is 5.85. The van der Waals surface area contributed by atoms with E-state index in [-0.39, 0.29) is 5.84 Å². The lowest BCUT2D eigenvalue weighted by atomic mass is 10.2. The van der Waals surface area contributed by atoms with E-state index in [1.54, 1.807) is 18.2 Å². The molecule has 2 aromatic carbocycles. The number of benzene rings is 2. The van der Waals surface area contributed by atoms with Crippen molar-refractivity contribution in [3.05, 3.63) is 64.7 Å². The van der Waals surface area contributed by atoms with Crippen molar-refractivity contribution in [2.45, 2.75) is 6.61 Å². The van der Waals surface area contributed by atoms with Gasteiger partial charge in [-0.15, -0.1) is 0 Å². The van der Waals surface area contributed by atoms with Crippen LogP contribution in [0.25, 0.3) is 0 Å². The highest BCUT2D eigenvalue weighted by molar-refractivity contribution is 6.34. The molecule has 0 saturated carbocycles. The molecule has 0 aliphatic rings. The Hall–Kier alpha value is -2.00. The van der Waals surface area contributed by atoms with E-state index >= 15 is 0 Å². The molecule has 0 aliphatic carbocycles. The van der Waals surface area contributed by atoms with E-state index in [2.05, 4.69) is 0 Å². The van der Waals surface area contributed by atoms with Gasteiger partial charge in [-0.05, 0) is 23.8 Å². The maximum Gasteiger partial charge on any atom is 0.124 e. The van der Waals surface area contributed by atoms with E-state index in [1.807, 2.05) is 30.3 Å². The van der Waals surface area contributed by atoms with Crippen LogP contribution in [0, 0.1) is 5.41 Å². The molecule has 0 atom stereocenters. The molecule has 18 heavy (non-hydrogen) atoms. The van der Waals surface area contributed by atoms with Crippen molar-refractivity contribution in [2.75, 3.05) is 0 Å². The number of rotatable bonds is 4. The summed E-state index contributed by atoms with van der Waals surface area (Å²) in [7, 11) is 0. The van der Waals surface area contributed by atoms with E-state index < -0.39 is 0 Å². The Morgan fingerprint density at radius 3 is 2.50 bits per heavy atom. The van der Waals surface area contributed by atoms with Gasteiger partial charge in [0.05, 0.1) is 5.02 Å². The van der Waals surface area contributed by atoms with Gasteiger partial charge in [-0.3, -0.25) is 5.41 Å². The molecule has 0 bridgehead atoms. The van der Waals surface area contributed by atoms with E-state index in [4.69, 9.17) is 27.5 Å². The van der Waals surface area contributed by atoms with Crippen LogP contribution in [0.3, 0.4) is 0 Å². The minimum atomic E-state index is -0.0467. The molecule has 0 amide bonds. The van der Waals surface area contributed by atoms with Gasteiger partial charge in [0.2, 0.25) is 0 Å². The minimum absolute atomic E-state index is 0.0467. The molecule has 0 aliphatic heterocycles. The Morgan fingerprint density at radius 1 is 1.17 bits per heavy atom. The Labute approximate surface area is 111 Å². The molecule has 0 heterocycles. The van der Waals surface area contributed by atoms with Crippen LogP contribution >= 0.6 is 11.6 Å². The number of nitrogens with two attached hydrogens (primary N) is 1. The third kappa shape index (κ3) is 3.02. The molecule has 2 rings (SSSR count). The summed E-state index contributed by atoms with van der Waals surface area (Å²) >= 11 is 6.01. The monoisotopic (exact) mass is 260 g/mol. The molecule has 92 valence electrons. The van der Waals surface area contributed by atoms with Gasteiger partial charge in [-0.25, -0.2) is 0 Å². The average molecular weight is 261 g/mol. The second-order valence-electron chi connectivity index (χ2n) is 3.83. The maximum absolute atomic E-state index is 7.34. The van der Waals surface area contributed by atoms with Crippen molar-refractivity contribution >= 4 is 17.4 Å². The lowest BCUT2D eigenvalue weighted by Crippen LogP contribution is -2.11. The van der Waals surface area contributed by atoms with Crippen LogP contribution in [0.15, 0.2) is 48.5 Å². The van der Waals surface area contributed by atoms with E-state index in [0.29, 0.717) is 22.9 Å². The summed E-state index contributed by atoms with van der Waals surface area (Å²) in [6.45, 7) is 0.483. The fraction of sp³-hybridized carbons (Fsp3) is 0.0714. The summed E-state index contributed by atoms with van der Waals surface area (Å²) in [6, 6.07) is 15.0. The lowest BCUT2D eigenvalue weighted by Gasteiger charge is -2.08. The van der Waals surface area contributed by atoms with Gasteiger partial charge in [0.1, 0.15) is 18.2 Å². The van der Waals surface area contributed by atoms with Gasteiger partial charge < -0.3 is 10.5 Å². The maximum atomic E-state index is 7.34. The van der Waals surface area contributed by atoms with E-state index in [9.17, 15) is 0 Å². The van der Waals surface area contributed by atoms with Crippen molar-refractivity contribution < 1.29 is 4.74 Å². The summed E-state index contributed by atoms with van der Waals surface area (Å²) in [6.07, 6.45) is 0. The van der Waals surface area contributed by atoms with Crippen molar-refractivity contribution in [2.24, 2.45) is 5.73 Å². The fourth-order valence-electron chi connectivity index (χ4n) is 1.54. The number of amidine groups is 1. The Kier molecular flexibility index (Phi) is 3.85. The van der Waals surface area contributed by atoms with Crippen molar-refractivity contribution in [1.29, 1.82) is 5.41 Å². The first kappa shape index (κ1) is 12.5. The van der Waals surface area contributed by atoms with Crippen LogP contribution in [0.4, 0.5) is 0 Å². The summed E-state index contributed by atoms with van der Waals surface area (Å²) in [5, 5.41) is 7.76. The predicted octanol–water partition coefficient (Wildman–Crippen LogP) is 3.20. The molecular formula is C14H13ClN2O. The van der Waals surface area contributed by atoms with Crippen LogP contribution in [0.1, 0.15) is 11.1 Å². The highest BCUT2D eigenvalue weighted by Gasteiger charge is 2.05. The smallest absolute Gasteiger partial charge is 0.124 e. The number of hydrogen-bond acceptors (Lipinski definition) is 2. The van der Waals surface area contributed by atoms with Gasteiger partial charge in [0.15, 0.2) is 0 Å². The minimum Gasteiger partial charge on any atom is -0.489 e. The van der Waals surface area contributed by atoms with Gasteiger partial charge >= 0.3 is 0 Å². The second-order valence-corrected chi connectivity index (χ2v) is 4.24. The first-order valence-electron chi connectivity index (χ1n) is 5.47. The van der Waals surface area contributed by atoms with Crippen LogP contribution in [-0.4, -0.2) is 5.84 Å². The highest BCUT2D eigenvalue weighted by atomic mass is 35.5.